The maximum Gasteiger partial charge on any atom is 0.220 e. The molecule has 0 saturated heterocycles. The molecule has 0 atom stereocenters. The summed E-state index contributed by atoms with van der Waals surface area (Å²) in [5.74, 6) is -0.0612. The van der Waals surface area contributed by atoms with Crippen molar-refractivity contribution in [3.05, 3.63) is 0 Å². The van der Waals surface area contributed by atoms with Gasteiger partial charge in [0.2, 0.25) is 15.9 Å². The molecule has 7 heteroatoms. The van der Waals surface area contributed by atoms with Crippen LogP contribution in [-0.4, -0.2) is 45.3 Å². The smallest absolute Gasteiger partial charge is 0.220 e. The minimum absolute atomic E-state index is 0.0612. The van der Waals surface area contributed by atoms with Gasteiger partial charge >= 0.3 is 0 Å². The molecule has 0 rings (SSSR count). The molecule has 0 aliphatic heterocycles. The number of rotatable bonds is 9. The molecule has 0 saturated carbocycles. The van der Waals surface area contributed by atoms with Crippen molar-refractivity contribution in [1.82, 2.24) is 15.4 Å². The van der Waals surface area contributed by atoms with Gasteiger partial charge in [-0.3, -0.25) is 4.79 Å². The van der Waals surface area contributed by atoms with E-state index in [4.69, 9.17) is 0 Å². The van der Waals surface area contributed by atoms with E-state index in [1.54, 1.807) is 13.8 Å². The molecule has 0 unspecified atom stereocenters. The standard InChI is InChI=1S/C12H27N3O3S/c1-10(2)13-8-6-7-11(16)14-9-12(3,4)15-19(5,17)18/h10,13,15H,6-9H2,1-5H3,(H,14,16). The third-order valence-corrected chi connectivity index (χ3v) is 3.25. The maximum absolute atomic E-state index is 11.6. The largest absolute Gasteiger partial charge is 0.354 e. The number of carbonyl (C=O) groups excluding carboxylic acids is 1. The lowest BCUT2D eigenvalue weighted by atomic mass is 10.1. The Labute approximate surface area is 116 Å². The molecule has 114 valence electrons. The van der Waals surface area contributed by atoms with Gasteiger partial charge in [0.15, 0.2) is 0 Å². The normalized spacial score (nSPS) is 12.7. The van der Waals surface area contributed by atoms with E-state index in [2.05, 4.69) is 29.2 Å². The Morgan fingerprint density at radius 2 is 1.84 bits per heavy atom. The fraction of sp³-hybridized carbons (Fsp3) is 0.917. The van der Waals surface area contributed by atoms with E-state index in [0.29, 0.717) is 12.5 Å². The molecule has 0 bridgehead atoms. The summed E-state index contributed by atoms with van der Waals surface area (Å²) < 4.78 is 24.7. The highest BCUT2D eigenvalue weighted by atomic mass is 32.2. The van der Waals surface area contributed by atoms with E-state index in [9.17, 15) is 13.2 Å². The highest BCUT2D eigenvalue weighted by Gasteiger charge is 2.22. The van der Waals surface area contributed by atoms with Gasteiger partial charge in [0.1, 0.15) is 0 Å². The van der Waals surface area contributed by atoms with Gasteiger partial charge in [-0.05, 0) is 26.8 Å². The van der Waals surface area contributed by atoms with E-state index < -0.39 is 15.6 Å². The van der Waals surface area contributed by atoms with E-state index in [0.717, 1.165) is 19.2 Å². The molecule has 0 aliphatic carbocycles. The highest BCUT2D eigenvalue weighted by Crippen LogP contribution is 2.02. The van der Waals surface area contributed by atoms with Crippen molar-refractivity contribution in [3.8, 4) is 0 Å². The lowest BCUT2D eigenvalue weighted by molar-refractivity contribution is -0.121. The van der Waals surface area contributed by atoms with Crippen molar-refractivity contribution < 1.29 is 13.2 Å². The van der Waals surface area contributed by atoms with Gasteiger partial charge in [-0.15, -0.1) is 0 Å². The summed E-state index contributed by atoms with van der Waals surface area (Å²) in [4.78, 5) is 11.6. The van der Waals surface area contributed by atoms with Crippen LogP contribution < -0.4 is 15.4 Å². The second kappa shape index (κ2) is 7.81. The number of carbonyl (C=O) groups is 1. The Hall–Kier alpha value is -0.660. The molecule has 0 aromatic carbocycles. The first-order valence-corrected chi connectivity index (χ1v) is 8.40. The zero-order chi connectivity index (χ0) is 15.1. The van der Waals surface area contributed by atoms with Crippen LogP contribution >= 0.6 is 0 Å². The molecular formula is C12H27N3O3S. The van der Waals surface area contributed by atoms with Crippen molar-refractivity contribution in [3.63, 3.8) is 0 Å². The average molecular weight is 293 g/mol. The van der Waals surface area contributed by atoms with Crippen LogP contribution in [0.15, 0.2) is 0 Å². The van der Waals surface area contributed by atoms with E-state index >= 15 is 0 Å². The molecule has 0 aromatic rings. The monoisotopic (exact) mass is 293 g/mol. The number of nitrogens with one attached hydrogen (secondary N) is 3. The summed E-state index contributed by atoms with van der Waals surface area (Å²) in [7, 11) is -3.27. The first-order chi connectivity index (χ1) is 8.52. The van der Waals surface area contributed by atoms with Gasteiger partial charge in [-0.2, -0.15) is 0 Å². The van der Waals surface area contributed by atoms with Crippen LogP contribution in [-0.2, 0) is 14.8 Å². The van der Waals surface area contributed by atoms with Gasteiger partial charge in [0.25, 0.3) is 0 Å². The lowest BCUT2D eigenvalue weighted by Gasteiger charge is -2.25. The first-order valence-electron chi connectivity index (χ1n) is 6.51. The third kappa shape index (κ3) is 12.1. The Bertz CT molecular complexity index is 378. The minimum atomic E-state index is -3.27. The number of hydrogen-bond donors (Lipinski definition) is 3. The molecule has 0 radical (unpaired) electrons. The SMILES string of the molecule is CC(C)NCCCC(=O)NCC(C)(C)NS(C)(=O)=O. The quantitative estimate of drug-likeness (QED) is 0.530. The Morgan fingerprint density at radius 1 is 1.26 bits per heavy atom. The molecule has 6 nitrogen and oxygen atoms in total. The molecule has 0 fully saturated rings. The van der Waals surface area contributed by atoms with Crippen molar-refractivity contribution in [2.24, 2.45) is 0 Å². The van der Waals surface area contributed by atoms with Crippen LogP contribution in [0, 0.1) is 0 Å². The van der Waals surface area contributed by atoms with Crippen molar-refractivity contribution in [2.45, 2.75) is 52.1 Å². The molecule has 0 heterocycles. The summed E-state index contributed by atoms with van der Waals surface area (Å²) in [5.41, 5.74) is -0.681. The fourth-order valence-electron chi connectivity index (χ4n) is 1.59. The van der Waals surface area contributed by atoms with Gasteiger partial charge in [0, 0.05) is 24.5 Å². The zero-order valence-electron chi connectivity index (χ0n) is 12.5. The summed E-state index contributed by atoms with van der Waals surface area (Å²) in [5, 5.41) is 5.97. The maximum atomic E-state index is 11.6. The molecule has 1 amide bonds. The van der Waals surface area contributed by atoms with E-state index in [1.807, 2.05) is 0 Å². The second-order valence-corrected chi connectivity index (χ2v) is 7.50. The molecule has 0 spiro atoms. The van der Waals surface area contributed by atoms with Gasteiger partial charge in [0.05, 0.1) is 6.26 Å². The molecule has 3 N–H and O–H groups in total. The minimum Gasteiger partial charge on any atom is -0.354 e. The van der Waals surface area contributed by atoms with Gasteiger partial charge < -0.3 is 10.6 Å². The topological polar surface area (TPSA) is 87.3 Å². The lowest BCUT2D eigenvalue weighted by Crippen LogP contribution is -2.51. The zero-order valence-corrected chi connectivity index (χ0v) is 13.4. The van der Waals surface area contributed by atoms with Crippen LogP contribution in [0.25, 0.3) is 0 Å². The van der Waals surface area contributed by atoms with Crippen molar-refractivity contribution in [2.75, 3.05) is 19.3 Å². The highest BCUT2D eigenvalue weighted by molar-refractivity contribution is 7.88. The predicted octanol–water partition coefficient (Wildman–Crippen LogP) is 0.209. The predicted molar refractivity (Wildman–Crippen MR) is 77.4 cm³/mol. The Morgan fingerprint density at radius 3 is 2.32 bits per heavy atom. The fourth-order valence-corrected chi connectivity index (χ4v) is 2.66. The summed E-state index contributed by atoms with van der Waals surface area (Å²) in [6, 6.07) is 0.418. The molecule has 0 aromatic heterocycles. The summed E-state index contributed by atoms with van der Waals surface area (Å²) >= 11 is 0. The van der Waals surface area contributed by atoms with Gasteiger partial charge in [-0.25, -0.2) is 13.1 Å². The van der Waals surface area contributed by atoms with E-state index in [1.165, 1.54) is 0 Å². The summed E-state index contributed by atoms with van der Waals surface area (Å²) in [6.45, 7) is 8.65. The number of hydrogen-bond acceptors (Lipinski definition) is 4. The van der Waals surface area contributed by atoms with Crippen LogP contribution in [0.5, 0.6) is 0 Å². The van der Waals surface area contributed by atoms with Crippen LogP contribution in [0.2, 0.25) is 0 Å². The summed E-state index contributed by atoms with van der Waals surface area (Å²) in [6.07, 6.45) is 2.31. The van der Waals surface area contributed by atoms with Crippen molar-refractivity contribution >= 4 is 15.9 Å². The van der Waals surface area contributed by atoms with Crippen LogP contribution in [0.1, 0.15) is 40.5 Å². The number of sulfonamides is 1. The third-order valence-electron chi connectivity index (χ3n) is 2.32. The second-order valence-electron chi connectivity index (χ2n) is 5.75. The molecular weight excluding hydrogens is 266 g/mol. The van der Waals surface area contributed by atoms with Gasteiger partial charge in [-0.1, -0.05) is 13.8 Å². The van der Waals surface area contributed by atoms with Crippen LogP contribution in [0.4, 0.5) is 0 Å². The van der Waals surface area contributed by atoms with Crippen LogP contribution in [0.3, 0.4) is 0 Å². The first kappa shape index (κ1) is 18.3. The molecule has 19 heavy (non-hydrogen) atoms. The average Bonchev–Trinajstić information content (AvgIpc) is 2.18. The van der Waals surface area contributed by atoms with E-state index in [-0.39, 0.29) is 12.5 Å². The number of amides is 1. The Balaban J connectivity index is 3.89. The Kier molecular flexibility index (Phi) is 7.54. The molecule has 0 aliphatic rings. The van der Waals surface area contributed by atoms with Crippen molar-refractivity contribution in [1.29, 1.82) is 0 Å².